The van der Waals surface area contributed by atoms with Crippen LogP contribution >= 0.6 is 23.2 Å². The van der Waals surface area contributed by atoms with Gasteiger partial charge in [0.1, 0.15) is 11.9 Å². The minimum atomic E-state index is -1.04. The Balaban J connectivity index is 2.51. The van der Waals surface area contributed by atoms with E-state index in [9.17, 15) is 10.2 Å². The molecule has 2 N–H and O–H groups in total. The zero-order chi connectivity index (χ0) is 12.4. The molecule has 0 radical (unpaired) electrons. The van der Waals surface area contributed by atoms with E-state index in [1.54, 1.807) is 24.5 Å². The monoisotopic (exact) mass is 269 g/mol. The molecule has 0 spiro atoms. The maximum Gasteiger partial charge on any atom is 0.123 e. The number of phenolic OH excluding ortho intramolecular Hbond substituents is 1. The second-order valence-electron chi connectivity index (χ2n) is 3.48. The van der Waals surface area contributed by atoms with E-state index in [2.05, 4.69) is 4.98 Å². The van der Waals surface area contributed by atoms with Crippen LogP contribution < -0.4 is 0 Å². The lowest BCUT2D eigenvalue weighted by molar-refractivity contribution is 0.215. The first-order valence-electron chi connectivity index (χ1n) is 4.86. The van der Waals surface area contributed by atoms with E-state index in [4.69, 9.17) is 23.2 Å². The summed E-state index contributed by atoms with van der Waals surface area (Å²) in [4.78, 5) is 3.85. The van der Waals surface area contributed by atoms with Gasteiger partial charge in [0, 0.05) is 18.0 Å². The molecule has 0 aliphatic heterocycles. The van der Waals surface area contributed by atoms with Crippen LogP contribution in [-0.2, 0) is 0 Å². The summed E-state index contributed by atoms with van der Waals surface area (Å²) >= 11 is 11.8. The molecule has 0 aliphatic carbocycles. The van der Waals surface area contributed by atoms with E-state index in [1.165, 1.54) is 12.1 Å². The third-order valence-electron chi connectivity index (χ3n) is 2.40. The van der Waals surface area contributed by atoms with Crippen molar-refractivity contribution >= 4 is 23.2 Å². The van der Waals surface area contributed by atoms with E-state index >= 15 is 0 Å². The molecule has 0 saturated carbocycles. The number of hydrogen-bond acceptors (Lipinski definition) is 3. The Morgan fingerprint density at radius 1 is 1.06 bits per heavy atom. The summed E-state index contributed by atoms with van der Waals surface area (Å²) in [6.07, 6.45) is 2.06. The molecular weight excluding hydrogens is 261 g/mol. The number of rotatable bonds is 2. The van der Waals surface area contributed by atoms with Gasteiger partial charge in [0.25, 0.3) is 0 Å². The van der Waals surface area contributed by atoms with Gasteiger partial charge in [0.2, 0.25) is 0 Å². The van der Waals surface area contributed by atoms with Crippen LogP contribution in [0.15, 0.2) is 36.7 Å². The Morgan fingerprint density at radius 2 is 1.71 bits per heavy atom. The van der Waals surface area contributed by atoms with Gasteiger partial charge in [-0.05, 0) is 29.8 Å². The maximum atomic E-state index is 10.1. The Bertz CT molecular complexity index is 532. The number of nitrogens with zero attached hydrogens (tertiary/aromatic N) is 1. The number of hydrogen-bond donors (Lipinski definition) is 2. The molecule has 1 aromatic heterocycles. The van der Waals surface area contributed by atoms with Gasteiger partial charge in [-0.25, -0.2) is 0 Å². The van der Waals surface area contributed by atoms with E-state index in [-0.39, 0.29) is 21.4 Å². The predicted octanol–water partition coefficient (Wildman–Crippen LogP) is 3.18. The van der Waals surface area contributed by atoms with Gasteiger partial charge in [-0.3, -0.25) is 4.98 Å². The van der Waals surface area contributed by atoms with E-state index in [1.807, 2.05) is 0 Å². The van der Waals surface area contributed by atoms with Crippen LogP contribution in [-0.4, -0.2) is 15.2 Å². The Labute approximate surface area is 108 Å². The SMILES string of the molecule is Oc1ccc(Cl)c(Cl)c1[C@H](O)c1ccncc1. The highest BCUT2D eigenvalue weighted by Gasteiger charge is 2.19. The molecule has 0 unspecified atom stereocenters. The standard InChI is InChI=1S/C12H9Cl2NO2/c13-8-1-2-9(16)10(11(8)14)12(17)7-3-5-15-6-4-7/h1-6,12,16-17H/t12-/m1/s1. The summed E-state index contributed by atoms with van der Waals surface area (Å²) in [6.45, 7) is 0. The lowest BCUT2D eigenvalue weighted by Gasteiger charge is -2.15. The van der Waals surface area contributed by atoms with Crippen molar-refractivity contribution in [3.05, 3.63) is 57.8 Å². The summed E-state index contributed by atoms with van der Waals surface area (Å²) in [7, 11) is 0. The average Bonchev–Trinajstić information content (AvgIpc) is 2.35. The number of benzene rings is 1. The molecule has 1 aromatic carbocycles. The number of phenols is 1. The van der Waals surface area contributed by atoms with Crippen molar-refractivity contribution < 1.29 is 10.2 Å². The second-order valence-corrected chi connectivity index (χ2v) is 4.26. The summed E-state index contributed by atoms with van der Waals surface area (Å²) in [5, 5.41) is 20.3. The Kier molecular flexibility index (Phi) is 3.52. The molecule has 0 fully saturated rings. The maximum absolute atomic E-state index is 10.1. The van der Waals surface area contributed by atoms with Crippen LogP contribution in [0.25, 0.3) is 0 Å². The van der Waals surface area contributed by atoms with Gasteiger partial charge in [0.15, 0.2) is 0 Å². The minimum absolute atomic E-state index is 0.0938. The lowest BCUT2D eigenvalue weighted by atomic mass is 10.0. The van der Waals surface area contributed by atoms with Crippen molar-refractivity contribution in [3.8, 4) is 5.75 Å². The van der Waals surface area contributed by atoms with Gasteiger partial charge in [-0.15, -0.1) is 0 Å². The number of aromatic nitrogens is 1. The molecule has 0 bridgehead atoms. The van der Waals surface area contributed by atoms with Crippen molar-refractivity contribution in [1.29, 1.82) is 0 Å². The van der Waals surface area contributed by atoms with Gasteiger partial charge >= 0.3 is 0 Å². The summed E-state index contributed by atoms with van der Waals surface area (Å²) in [5.41, 5.74) is 0.782. The van der Waals surface area contributed by atoms with Gasteiger partial charge in [0.05, 0.1) is 10.0 Å². The third-order valence-corrected chi connectivity index (χ3v) is 3.22. The van der Waals surface area contributed by atoms with E-state index in [0.29, 0.717) is 5.56 Å². The zero-order valence-electron chi connectivity index (χ0n) is 8.64. The molecule has 1 atom stereocenters. The molecule has 2 rings (SSSR count). The van der Waals surface area contributed by atoms with Gasteiger partial charge in [-0.1, -0.05) is 23.2 Å². The quantitative estimate of drug-likeness (QED) is 0.881. The minimum Gasteiger partial charge on any atom is -0.508 e. The summed E-state index contributed by atoms with van der Waals surface area (Å²) in [6, 6.07) is 6.15. The molecule has 5 heteroatoms. The number of halogens is 2. The Morgan fingerprint density at radius 3 is 2.35 bits per heavy atom. The Hall–Kier alpha value is -1.29. The fourth-order valence-corrected chi connectivity index (χ4v) is 1.96. The van der Waals surface area contributed by atoms with Crippen LogP contribution in [0.5, 0.6) is 5.75 Å². The third kappa shape index (κ3) is 2.36. The number of aromatic hydroxyl groups is 1. The topological polar surface area (TPSA) is 53.4 Å². The fraction of sp³-hybridized carbons (Fsp3) is 0.0833. The van der Waals surface area contributed by atoms with Gasteiger partial charge < -0.3 is 10.2 Å². The normalized spacial score (nSPS) is 12.4. The number of pyridine rings is 1. The summed E-state index contributed by atoms with van der Waals surface area (Å²) in [5.74, 6) is -0.0938. The largest absolute Gasteiger partial charge is 0.508 e. The average molecular weight is 270 g/mol. The number of aliphatic hydroxyl groups excluding tert-OH is 1. The highest BCUT2D eigenvalue weighted by Crippen LogP contribution is 2.38. The van der Waals surface area contributed by atoms with Crippen LogP contribution in [0, 0.1) is 0 Å². The highest BCUT2D eigenvalue weighted by atomic mass is 35.5. The molecule has 0 saturated heterocycles. The van der Waals surface area contributed by atoms with E-state index < -0.39 is 6.10 Å². The first-order valence-corrected chi connectivity index (χ1v) is 5.61. The summed E-state index contributed by atoms with van der Waals surface area (Å²) < 4.78 is 0. The molecular formula is C12H9Cl2NO2. The van der Waals surface area contributed by atoms with E-state index in [0.717, 1.165) is 0 Å². The second kappa shape index (κ2) is 4.92. The van der Waals surface area contributed by atoms with Crippen LogP contribution in [0.4, 0.5) is 0 Å². The van der Waals surface area contributed by atoms with Crippen LogP contribution in [0.2, 0.25) is 10.0 Å². The molecule has 88 valence electrons. The van der Waals surface area contributed by atoms with Crippen molar-refractivity contribution in [3.63, 3.8) is 0 Å². The predicted molar refractivity (Wildman–Crippen MR) is 66.4 cm³/mol. The lowest BCUT2D eigenvalue weighted by Crippen LogP contribution is -2.01. The first-order chi connectivity index (χ1) is 8.11. The van der Waals surface area contributed by atoms with Crippen LogP contribution in [0.3, 0.4) is 0 Å². The zero-order valence-corrected chi connectivity index (χ0v) is 10.2. The molecule has 2 aromatic rings. The molecule has 17 heavy (non-hydrogen) atoms. The molecule has 1 heterocycles. The molecule has 3 nitrogen and oxygen atoms in total. The first kappa shape index (κ1) is 12.2. The smallest absolute Gasteiger partial charge is 0.123 e. The molecule has 0 aliphatic rings. The number of aliphatic hydroxyl groups is 1. The highest BCUT2D eigenvalue weighted by molar-refractivity contribution is 6.42. The van der Waals surface area contributed by atoms with Gasteiger partial charge in [-0.2, -0.15) is 0 Å². The van der Waals surface area contributed by atoms with Crippen molar-refractivity contribution in [2.24, 2.45) is 0 Å². The van der Waals surface area contributed by atoms with Crippen LogP contribution in [0.1, 0.15) is 17.2 Å². The fourth-order valence-electron chi connectivity index (χ4n) is 1.53. The van der Waals surface area contributed by atoms with Crippen molar-refractivity contribution in [2.75, 3.05) is 0 Å². The van der Waals surface area contributed by atoms with Crippen molar-refractivity contribution in [1.82, 2.24) is 4.98 Å². The van der Waals surface area contributed by atoms with Crippen molar-refractivity contribution in [2.45, 2.75) is 6.10 Å². The molecule has 0 amide bonds.